The van der Waals surface area contributed by atoms with Crippen molar-refractivity contribution in [2.24, 2.45) is 0 Å². The van der Waals surface area contributed by atoms with Gasteiger partial charge in [0, 0.05) is 0 Å². The van der Waals surface area contributed by atoms with Crippen molar-refractivity contribution >= 4 is 22.9 Å². The maximum Gasteiger partial charge on any atom is 0.173 e. The molecular formula is C12H14N4O3S. The van der Waals surface area contributed by atoms with Gasteiger partial charge in [-0.2, -0.15) is 0 Å². The summed E-state index contributed by atoms with van der Waals surface area (Å²) in [6.07, 6.45) is -1.58. The van der Waals surface area contributed by atoms with Gasteiger partial charge >= 0.3 is 0 Å². The molecule has 4 rings (SSSR count). The van der Waals surface area contributed by atoms with E-state index in [9.17, 15) is 10.2 Å². The van der Waals surface area contributed by atoms with E-state index in [4.69, 9.17) is 4.74 Å². The molecule has 2 aliphatic rings. The Bertz CT molecular complexity index is 704. The van der Waals surface area contributed by atoms with E-state index in [1.54, 1.807) is 0 Å². The molecule has 0 aromatic carbocycles. The summed E-state index contributed by atoms with van der Waals surface area (Å²) in [5.74, 6) is 0.684. The van der Waals surface area contributed by atoms with Gasteiger partial charge in [-0.15, -0.1) is 0 Å². The molecule has 1 fully saturated rings. The smallest absolute Gasteiger partial charge is 0.173 e. The Morgan fingerprint density at radius 3 is 2.85 bits per heavy atom. The fraction of sp³-hybridized carbons (Fsp3) is 0.583. The number of aliphatic hydroxyl groups is 2. The van der Waals surface area contributed by atoms with Crippen molar-refractivity contribution in [1.82, 2.24) is 19.5 Å². The van der Waals surface area contributed by atoms with E-state index >= 15 is 0 Å². The van der Waals surface area contributed by atoms with Crippen LogP contribution in [0, 0.1) is 13.8 Å². The van der Waals surface area contributed by atoms with E-state index < -0.39 is 12.2 Å². The van der Waals surface area contributed by atoms with Gasteiger partial charge in [0.15, 0.2) is 17.0 Å². The van der Waals surface area contributed by atoms with Gasteiger partial charge < -0.3 is 14.9 Å². The fourth-order valence-electron chi connectivity index (χ4n) is 2.87. The molecular weight excluding hydrogens is 280 g/mol. The minimum absolute atomic E-state index is 0.144. The summed E-state index contributed by atoms with van der Waals surface area (Å²) in [7, 11) is 0. The second kappa shape index (κ2) is 4.14. The van der Waals surface area contributed by atoms with Crippen LogP contribution in [0.2, 0.25) is 0 Å². The lowest BCUT2D eigenvalue weighted by Crippen LogP contribution is -2.30. The summed E-state index contributed by atoms with van der Waals surface area (Å²) >= 11 is 1.47. The molecule has 2 N–H and O–H groups in total. The lowest BCUT2D eigenvalue weighted by molar-refractivity contribution is -0.0448. The number of aromatic nitrogens is 4. The van der Waals surface area contributed by atoms with Gasteiger partial charge in [0.05, 0.1) is 23.7 Å². The maximum absolute atomic E-state index is 10.2. The first-order valence-corrected chi connectivity index (χ1v) is 7.32. The molecule has 4 atom stereocenters. The topological polar surface area (TPSA) is 93.3 Å². The van der Waals surface area contributed by atoms with Gasteiger partial charge in [-0.3, -0.25) is 4.57 Å². The van der Waals surface area contributed by atoms with E-state index in [0.29, 0.717) is 5.82 Å². The van der Waals surface area contributed by atoms with Crippen LogP contribution in [0.4, 0.5) is 0 Å². The zero-order valence-corrected chi connectivity index (χ0v) is 11.8. The monoisotopic (exact) mass is 294 g/mol. The lowest BCUT2D eigenvalue weighted by atomic mass is 10.2. The van der Waals surface area contributed by atoms with Crippen molar-refractivity contribution in [2.45, 2.75) is 42.7 Å². The van der Waals surface area contributed by atoms with Gasteiger partial charge in [0.2, 0.25) is 0 Å². The first kappa shape index (κ1) is 12.5. The Morgan fingerprint density at radius 1 is 1.30 bits per heavy atom. The van der Waals surface area contributed by atoms with Gasteiger partial charge in [0.25, 0.3) is 0 Å². The highest BCUT2D eigenvalue weighted by molar-refractivity contribution is 8.00. The summed E-state index contributed by atoms with van der Waals surface area (Å²) in [4.78, 5) is 13.3. The first-order valence-electron chi connectivity index (χ1n) is 6.44. The average Bonchev–Trinajstić information content (AvgIpc) is 3.00. The van der Waals surface area contributed by atoms with E-state index in [1.807, 2.05) is 18.4 Å². The molecule has 2 aliphatic heterocycles. The Kier molecular flexibility index (Phi) is 2.59. The van der Waals surface area contributed by atoms with Crippen molar-refractivity contribution in [3.8, 4) is 0 Å². The van der Waals surface area contributed by atoms with Crippen LogP contribution < -0.4 is 0 Å². The number of ether oxygens (including phenoxy) is 1. The number of fused-ring (bicyclic) bond motifs is 5. The molecule has 8 heteroatoms. The summed E-state index contributed by atoms with van der Waals surface area (Å²) < 4.78 is 7.67. The molecule has 106 valence electrons. The largest absolute Gasteiger partial charge is 0.394 e. The highest BCUT2D eigenvalue weighted by Gasteiger charge is 2.51. The van der Waals surface area contributed by atoms with Gasteiger partial charge in [0.1, 0.15) is 17.4 Å². The maximum atomic E-state index is 10.2. The minimum Gasteiger partial charge on any atom is -0.394 e. The van der Waals surface area contributed by atoms with Crippen LogP contribution in [0.1, 0.15) is 17.7 Å². The number of aryl methyl sites for hydroxylation is 2. The Labute approximate surface area is 119 Å². The number of nitrogens with zero attached hydrogens (tertiary/aromatic N) is 4. The van der Waals surface area contributed by atoms with E-state index in [0.717, 1.165) is 22.0 Å². The Morgan fingerprint density at radius 2 is 2.10 bits per heavy atom. The van der Waals surface area contributed by atoms with Crippen molar-refractivity contribution < 1.29 is 14.9 Å². The van der Waals surface area contributed by atoms with E-state index in [2.05, 4.69) is 15.0 Å². The van der Waals surface area contributed by atoms with Crippen molar-refractivity contribution in [2.75, 3.05) is 6.61 Å². The first-order chi connectivity index (χ1) is 9.60. The number of imidazole rings is 1. The molecule has 0 amide bonds. The third-order valence-electron chi connectivity index (χ3n) is 3.78. The molecule has 0 radical (unpaired) electrons. The molecule has 0 spiro atoms. The second-order valence-electron chi connectivity index (χ2n) is 5.11. The predicted molar refractivity (Wildman–Crippen MR) is 71.4 cm³/mol. The fourth-order valence-corrected chi connectivity index (χ4v) is 4.17. The third kappa shape index (κ3) is 1.50. The number of hydrogen-bond donors (Lipinski definition) is 2. The number of hydrogen-bond acceptors (Lipinski definition) is 7. The molecule has 2 aromatic rings. The number of aliphatic hydroxyl groups excluding tert-OH is 2. The molecule has 0 aliphatic carbocycles. The van der Waals surface area contributed by atoms with E-state index in [1.165, 1.54) is 11.8 Å². The van der Waals surface area contributed by atoms with Crippen LogP contribution in [0.3, 0.4) is 0 Å². The molecule has 4 heterocycles. The third-order valence-corrected chi connectivity index (χ3v) is 5.06. The molecule has 2 aromatic heterocycles. The zero-order valence-electron chi connectivity index (χ0n) is 11.0. The standard InChI is InChI=1S/C12H14N4O3S/c1-4-7-10(14-5(2)13-4)16-11-9(20-12(16)15-7)8(18)6(3-17)19-11/h6,8-9,11,17-18H,3H2,1-2H3. The molecule has 7 nitrogen and oxygen atoms in total. The summed E-state index contributed by atoms with van der Waals surface area (Å²) in [6.45, 7) is 3.55. The van der Waals surface area contributed by atoms with Crippen LogP contribution in [-0.4, -0.2) is 53.8 Å². The molecule has 0 bridgehead atoms. The summed E-state index contributed by atoms with van der Waals surface area (Å²) in [6, 6.07) is 0. The van der Waals surface area contributed by atoms with Crippen molar-refractivity contribution in [3.63, 3.8) is 0 Å². The molecule has 0 saturated carbocycles. The molecule has 4 unspecified atom stereocenters. The Balaban J connectivity index is 1.88. The van der Waals surface area contributed by atoms with Crippen LogP contribution in [0.25, 0.3) is 11.2 Å². The van der Waals surface area contributed by atoms with Crippen LogP contribution in [0.15, 0.2) is 5.16 Å². The molecule has 20 heavy (non-hydrogen) atoms. The van der Waals surface area contributed by atoms with E-state index in [-0.39, 0.29) is 18.1 Å². The van der Waals surface area contributed by atoms with Crippen LogP contribution >= 0.6 is 11.8 Å². The zero-order chi connectivity index (χ0) is 14.0. The lowest BCUT2D eigenvalue weighted by Gasteiger charge is -2.13. The quantitative estimate of drug-likeness (QED) is 0.774. The van der Waals surface area contributed by atoms with Gasteiger partial charge in [-0.1, -0.05) is 11.8 Å². The highest BCUT2D eigenvalue weighted by Crippen LogP contribution is 2.49. The van der Waals surface area contributed by atoms with Gasteiger partial charge in [-0.05, 0) is 13.8 Å². The summed E-state index contributed by atoms with van der Waals surface area (Å²) in [5.41, 5.74) is 2.33. The highest BCUT2D eigenvalue weighted by atomic mass is 32.2. The second-order valence-corrected chi connectivity index (χ2v) is 6.26. The SMILES string of the molecule is Cc1nc(C)c2nc3n(c2n1)C1OC(CO)C(O)C1S3. The Hall–Kier alpha value is -1.22. The number of thioether (sulfide) groups is 1. The number of rotatable bonds is 1. The van der Waals surface area contributed by atoms with Gasteiger partial charge in [-0.25, -0.2) is 15.0 Å². The molecule has 1 saturated heterocycles. The van der Waals surface area contributed by atoms with Crippen molar-refractivity contribution in [3.05, 3.63) is 11.5 Å². The minimum atomic E-state index is -0.698. The summed E-state index contributed by atoms with van der Waals surface area (Å²) in [5, 5.41) is 20.0. The predicted octanol–water partition coefficient (Wildman–Crippen LogP) is 0.168. The average molecular weight is 294 g/mol. The normalized spacial score (nSPS) is 31.8. The van der Waals surface area contributed by atoms with Crippen LogP contribution in [-0.2, 0) is 4.74 Å². The van der Waals surface area contributed by atoms with Crippen LogP contribution in [0.5, 0.6) is 0 Å². The van der Waals surface area contributed by atoms with Crippen molar-refractivity contribution in [1.29, 1.82) is 0 Å².